The van der Waals surface area contributed by atoms with Crippen molar-refractivity contribution in [3.63, 3.8) is 0 Å². The van der Waals surface area contributed by atoms with E-state index in [0.29, 0.717) is 37.0 Å². The molecular formula is C28H31FN4O2. The second kappa shape index (κ2) is 9.21. The molecule has 0 N–H and O–H groups in total. The second-order valence-corrected chi connectivity index (χ2v) is 9.59. The molecular weight excluding hydrogens is 443 g/mol. The average Bonchev–Trinajstić information content (AvgIpc) is 3.41. The lowest BCUT2D eigenvalue weighted by Crippen LogP contribution is -2.30. The lowest BCUT2D eigenvalue weighted by molar-refractivity contribution is 0.417. The summed E-state index contributed by atoms with van der Waals surface area (Å²) in [6.07, 6.45) is 4.40. The number of methoxy groups -OCH3 is 1. The van der Waals surface area contributed by atoms with Gasteiger partial charge >= 0.3 is 5.69 Å². The van der Waals surface area contributed by atoms with Crippen molar-refractivity contribution in [2.75, 3.05) is 25.1 Å². The van der Waals surface area contributed by atoms with Crippen molar-refractivity contribution in [3.8, 4) is 5.75 Å². The Balaban J connectivity index is 1.61. The summed E-state index contributed by atoms with van der Waals surface area (Å²) in [5.74, 6) is 0.749. The Kier molecular flexibility index (Phi) is 6.09. The van der Waals surface area contributed by atoms with E-state index >= 15 is 0 Å². The molecule has 1 aliphatic rings. The van der Waals surface area contributed by atoms with Crippen LogP contribution in [0.25, 0.3) is 11.0 Å². The van der Waals surface area contributed by atoms with Crippen LogP contribution in [0.3, 0.4) is 0 Å². The predicted octanol–water partition coefficient (Wildman–Crippen LogP) is 5.28. The van der Waals surface area contributed by atoms with Crippen LogP contribution in [-0.2, 0) is 6.54 Å². The van der Waals surface area contributed by atoms with Gasteiger partial charge in [-0.25, -0.2) is 9.18 Å². The first kappa shape index (κ1) is 23.1. The molecule has 2 aromatic heterocycles. The fourth-order valence-corrected chi connectivity index (χ4v) is 5.45. The normalized spacial score (nSPS) is 15.9. The molecule has 0 amide bonds. The third-order valence-corrected chi connectivity index (χ3v) is 7.09. The minimum atomic E-state index is -0.222. The number of imidazole rings is 1. The number of anilines is 1. The quantitative estimate of drug-likeness (QED) is 0.382. The lowest BCUT2D eigenvalue weighted by Gasteiger charge is -2.21. The summed E-state index contributed by atoms with van der Waals surface area (Å²) >= 11 is 0. The van der Waals surface area contributed by atoms with E-state index in [4.69, 9.17) is 4.74 Å². The molecule has 1 unspecified atom stereocenters. The van der Waals surface area contributed by atoms with Crippen LogP contribution >= 0.6 is 0 Å². The summed E-state index contributed by atoms with van der Waals surface area (Å²) in [5.41, 5.74) is 5.25. The number of aryl methyl sites for hydroxylation is 1. The molecule has 7 heteroatoms. The van der Waals surface area contributed by atoms with Crippen molar-refractivity contribution in [3.05, 3.63) is 87.9 Å². The summed E-state index contributed by atoms with van der Waals surface area (Å²) in [6.45, 7) is 7.88. The van der Waals surface area contributed by atoms with Gasteiger partial charge in [0.25, 0.3) is 0 Å². The van der Waals surface area contributed by atoms with Crippen LogP contribution in [0.1, 0.15) is 48.9 Å². The maximum Gasteiger partial charge on any atom is 0.329 e. The summed E-state index contributed by atoms with van der Waals surface area (Å²) < 4.78 is 24.0. The van der Waals surface area contributed by atoms with Gasteiger partial charge in [0.05, 0.1) is 30.9 Å². The molecule has 3 heterocycles. The van der Waals surface area contributed by atoms with E-state index in [1.54, 1.807) is 23.9 Å². The molecule has 6 nitrogen and oxygen atoms in total. The highest BCUT2D eigenvalue weighted by molar-refractivity contribution is 5.83. The highest BCUT2D eigenvalue weighted by atomic mass is 19.1. The molecule has 4 aromatic rings. The Morgan fingerprint density at radius 1 is 1.17 bits per heavy atom. The van der Waals surface area contributed by atoms with Crippen molar-refractivity contribution in [2.24, 2.45) is 0 Å². The van der Waals surface area contributed by atoms with Gasteiger partial charge in [-0.3, -0.25) is 14.1 Å². The van der Waals surface area contributed by atoms with E-state index in [1.165, 1.54) is 11.6 Å². The summed E-state index contributed by atoms with van der Waals surface area (Å²) in [6, 6.07) is 12.9. The number of halogens is 1. The van der Waals surface area contributed by atoms with Crippen LogP contribution in [0, 0.1) is 12.7 Å². The van der Waals surface area contributed by atoms with Crippen LogP contribution < -0.4 is 15.3 Å². The zero-order valence-electron chi connectivity index (χ0n) is 20.7. The topological polar surface area (TPSA) is 52.3 Å². The first-order chi connectivity index (χ1) is 16.9. The minimum absolute atomic E-state index is 0.0733. The smallest absolute Gasteiger partial charge is 0.329 e. The first-order valence-corrected chi connectivity index (χ1v) is 12.1. The van der Waals surface area contributed by atoms with Crippen LogP contribution in [0.5, 0.6) is 5.75 Å². The molecule has 182 valence electrons. The second-order valence-electron chi connectivity index (χ2n) is 9.59. The van der Waals surface area contributed by atoms with Gasteiger partial charge in [0.1, 0.15) is 17.1 Å². The Morgan fingerprint density at radius 3 is 2.71 bits per heavy atom. The summed E-state index contributed by atoms with van der Waals surface area (Å²) in [4.78, 5) is 20.3. The number of ether oxygens (including phenoxy) is 1. The molecule has 1 fully saturated rings. The molecule has 2 aromatic carbocycles. The van der Waals surface area contributed by atoms with E-state index in [0.717, 1.165) is 28.6 Å². The third kappa shape index (κ3) is 3.99. The Morgan fingerprint density at radius 2 is 1.97 bits per heavy atom. The highest BCUT2D eigenvalue weighted by Crippen LogP contribution is 2.34. The van der Waals surface area contributed by atoms with Gasteiger partial charge in [0, 0.05) is 25.5 Å². The lowest BCUT2D eigenvalue weighted by atomic mass is 9.99. The number of rotatable bonds is 6. The predicted molar refractivity (Wildman–Crippen MR) is 137 cm³/mol. The molecule has 1 aliphatic heterocycles. The Labute approximate surface area is 204 Å². The van der Waals surface area contributed by atoms with Gasteiger partial charge in [0.2, 0.25) is 0 Å². The maximum absolute atomic E-state index is 14.7. The van der Waals surface area contributed by atoms with Gasteiger partial charge in [-0.15, -0.1) is 0 Å². The van der Waals surface area contributed by atoms with Crippen LogP contribution in [0.4, 0.5) is 10.1 Å². The summed E-state index contributed by atoms with van der Waals surface area (Å²) in [5, 5.41) is 0. The fourth-order valence-electron chi connectivity index (χ4n) is 5.45. The fraction of sp³-hybridized carbons (Fsp3) is 0.357. The molecule has 0 spiro atoms. The Hall–Kier alpha value is -3.61. The van der Waals surface area contributed by atoms with Crippen LogP contribution in [0.15, 0.2) is 59.7 Å². The van der Waals surface area contributed by atoms with E-state index in [2.05, 4.69) is 23.7 Å². The largest absolute Gasteiger partial charge is 0.494 e. The molecule has 1 saturated heterocycles. The number of pyridine rings is 1. The first-order valence-electron chi connectivity index (χ1n) is 12.1. The number of aromatic nitrogens is 3. The number of benzene rings is 2. The van der Waals surface area contributed by atoms with Crippen molar-refractivity contribution in [1.82, 2.24) is 14.1 Å². The summed E-state index contributed by atoms with van der Waals surface area (Å²) in [7, 11) is 1.63. The number of hydrogen-bond donors (Lipinski definition) is 0. The maximum atomic E-state index is 14.7. The van der Waals surface area contributed by atoms with E-state index in [-0.39, 0.29) is 17.5 Å². The van der Waals surface area contributed by atoms with Crippen LogP contribution in [0.2, 0.25) is 0 Å². The number of para-hydroxylation sites is 2. The molecule has 5 rings (SSSR count). The van der Waals surface area contributed by atoms with E-state index in [9.17, 15) is 9.18 Å². The minimum Gasteiger partial charge on any atom is -0.494 e. The molecule has 35 heavy (non-hydrogen) atoms. The van der Waals surface area contributed by atoms with Crippen molar-refractivity contribution < 1.29 is 9.13 Å². The van der Waals surface area contributed by atoms with Crippen molar-refractivity contribution in [2.45, 2.75) is 45.7 Å². The van der Waals surface area contributed by atoms with E-state index < -0.39 is 0 Å². The molecule has 0 bridgehead atoms. The van der Waals surface area contributed by atoms with Crippen molar-refractivity contribution in [1.29, 1.82) is 0 Å². The van der Waals surface area contributed by atoms with Gasteiger partial charge in [-0.2, -0.15) is 0 Å². The number of nitrogens with zero attached hydrogens (tertiary/aromatic N) is 4. The molecule has 1 atom stereocenters. The van der Waals surface area contributed by atoms with E-state index in [1.807, 2.05) is 48.0 Å². The SMILES string of the molecule is COc1cccc2c1n(Cc1cnccc1C(C)C)c(=O)n2C1CCN(c2c(C)cccc2F)C1. The highest BCUT2D eigenvalue weighted by Gasteiger charge is 2.31. The van der Waals surface area contributed by atoms with Gasteiger partial charge in [-0.1, -0.05) is 32.0 Å². The van der Waals surface area contributed by atoms with Gasteiger partial charge in [0.15, 0.2) is 0 Å². The third-order valence-electron chi connectivity index (χ3n) is 7.09. The molecule has 0 saturated carbocycles. The number of hydrogen-bond acceptors (Lipinski definition) is 4. The molecule has 0 radical (unpaired) electrons. The standard InChI is InChI=1S/C28H31FN4O2/c1-18(2)22-11-13-30-15-20(22)16-32-27-24(9-6-10-25(27)35-4)33(28(32)34)21-12-14-31(17-21)26-19(3)7-5-8-23(26)29/h5-11,13,15,18,21H,12,14,16-17H2,1-4H3. The Bertz CT molecular complexity index is 1420. The van der Waals surface area contributed by atoms with Crippen molar-refractivity contribution >= 4 is 16.7 Å². The van der Waals surface area contributed by atoms with Crippen LogP contribution in [-0.4, -0.2) is 34.3 Å². The van der Waals surface area contributed by atoms with Gasteiger partial charge < -0.3 is 9.64 Å². The number of fused-ring (bicyclic) bond motifs is 1. The zero-order valence-corrected chi connectivity index (χ0v) is 20.7. The average molecular weight is 475 g/mol. The van der Waals surface area contributed by atoms with Gasteiger partial charge in [-0.05, 0) is 60.2 Å². The zero-order chi connectivity index (χ0) is 24.7. The monoisotopic (exact) mass is 474 g/mol. The molecule has 0 aliphatic carbocycles.